The zero-order chi connectivity index (χ0) is 14.2. The minimum absolute atomic E-state index is 0.0333. The summed E-state index contributed by atoms with van der Waals surface area (Å²) in [7, 11) is 0. The van der Waals surface area contributed by atoms with Gasteiger partial charge in [-0.3, -0.25) is 9.59 Å². The normalized spacial score (nSPS) is 21.8. The zero-order valence-corrected chi connectivity index (χ0v) is 9.44. The lowest BCUT2D eigenvalue weighted by molar-refractivity contribution is -0.140. The summed E-state index contributed by atoms with van der Waals surface area (Å²) in [5, 5.41) is 10.9. The number of carboxylic acid groups (broad SMARTS) is 1. The van der Waals surface area contributed by atoms with Crippen molar-refractivity contribution in [1.82, 2.24) is 4.98 Å². The predicted octanol–water partition coefficient (Wildman–Crippen LogP) is 1.76. The molecule has 0 aliphatic heterocycles. The number of alkyl halides is 3. The fraction of sp³-hybridized carbons (Fsp3) is 0.364. The molecule has 102 valence electrons. The standard InChI is InChI=1S/C11H9F3N2O3/c12-11(13,14)5-1-2-8(15-4-5)16-9(17)6-3-7(6)10(18)19/h1-2,4,6-7H,3H2,(H,18,19)(H,15,16,17)/t6-,7-/m1/s1. The lowest BCUT2D eigenvalue weighted by atomic mass is 10.2. The minimum Gasteiger partial charge on any atom is -0.481 e. The smallest absolute Gasteiger partial charge is 0.417 e. The van der Waals surface area contributed by atoms with Crippen molar-refractivity contribution in [1.29, 1.82) is 0 Å². The van der Waals surface area contributed by atoms with Gasteiger partial charge in [-0.25, -0.2) is 4.98 Å². The molecular weight excluding hydrogens is 265 g/mol. The first kappa shape index (κ1) is 13.3. The van der Waals surface area contributed by atoms with Crippen LogP contribution in [0.25, 0.3) is 0 Å². The van der Waals surface area contributed by atoms with Crippen LogP contribution < -0.4 is 5.32 Å². The van der Waals surface area contributed by atoms with Gasteiger partial charge in [0, 0.05) is 6.20 Å². The Bertz CT molecular complexity index is 513. The third-order valence-corrected chi connectivity index (χ3v) is 2.79. The second-order valence-corrected chi connectivity index (χ2v) is 4.21. The number of anilines is 1. The summed E-state index contributed by atoms with van der Waals surface area (Å²) in [5.74, 6) is -2.98. The van der Waals surface area contributed by atoms with Crippen LogP contribution in [0.1, 0.15) is 12.0 Å². The van der Waals surface area contributed by atoms with Crippen LogP contribution >= 0.6 is 0 Å². The minimum atomic E-state index is -4.49. The van der Waals surface area contributed by atoms with Crippen LogP contribution in [0.3, 0.4) is 0 Å². The molecule has 0 unspecified atom stereocenters. The maximum absolute atomic E-state index is 12.3. The van der Waals surface area contributed by atoms with E-state index in [1.807, 2.05) is 0 Å². The van der Waals surface area contributed by atoms with Crippen molar-refractivity contribution in [3.63, 3.8) is 0 Å². The molecule has 1 amide bonds. The number of rotatable bonds is 3. The lowest BCUT2D eigenvalue weighted by Crippen LogP contribution is -2.17. The summed E-state index contributed by atoms with van der Waals surface area (Å²) in [6.45, 7) is 0. The topological polar surface area (TPSA) is 79.3 Å². The molecule has 8 heteroatoms. The Labute approximate surface area is 105 Å². The highest BCUT2D eigenvalue weighted by atomic mass is 19.4. The van der Waals surface area contributed by atoms with Gasteiger partial charge in [0.2, 0.25) is 5.91 Å². The first-order chi connectivity index (χ1) is 8.79. The van der Waals surface area contributed by atoms with Crippen LogP contribution in [0.5, 0.6) is 0 Å². The van der Waals surface area contributed by atoms with E-state index in [2.05, 4.69) is 10.3 Å². The van der Waals surface area contributed by atoms with Gasteiger partial charge in [0.25, 0.3) is 0 Å². The van der Waals surface area contributed by atoms with Crippen molar-refractivity contribution < 1.29 is 27.9 Å². The highest BCUT2D eigenvalue weighted by Gasteiger charge is 2.48. The van der Waals surface area contributed by atoms with E-state index in [-0.39, 0.29) is 12.2 Å². The largest absolute Gasteiger partial charge is 0.481 e. The number of hydrogen-bond donors (Lipinski definition) is 2. The maximum atomic E-state index is 12.3. The second-order valence-electron chi connectivity index (χ2n) is 4.21. The molecule has 0 bridgehead atoms. The van der Waals surface area contributed by atoms with E-state index in [0.717, 1.165) is 12.1 Å². The quantitative estimate of drug-likeness (QED) is 0.880. The summed E-state index contributed by atoms with van der Waals surface area (Å²) < 4.78 is 36.8. The predicted molar refractivity (Wildman–Crippen MR) is 57.1 cm³/mol. The van der Waals surface area contributed by atoms with E-state index in [0.29, 0.717) is 6.20 Å². The van der Waals surface area contributed by atoms with E-state index in [9.17, 15) is 22.8 Å². The summed E-state index contributed by atoms with van der Waals surface area (Å²) in [5.41, 5.74) is -0.916. The number of aromatic nitrogens is 1. The number of aliphatic carboxylic acids is 1. The molecule has 1 saturated carbocycles. The highest BCUT2D eigenvalue weighted by molar-refractivity contribution is 5.97. The van der Waals surface area contributed by atoms with Crippen molar-refractivity contribution in [2.24, 2.45) is 11.8 Å². The first-order valence-electron chi connectivity index (χ1n) is 5.36. The Morgan fingerprint density at radius 3 is 2.42 bits per heavy atom. The lowest BCUT2D eigenvalue weighted by Gasteiger charge is -2.07. The average Bonchev–Trinajstić information content (AvgIpc) is 3.08. The molecule has 1 heterocycles. The van der Waals surface area contributed by atoms with Crippen molar-refractivity contribution in [3.05, 3.63) is 23.9 Å². The van der Waals surface area contributed by atoms with Crippen LogP contribution in [-0.4, -0.2) is 22.0 Å². The number of amides is 1. The molecule has 1 aromatic heterocycles. The van der Waals surface area contributed by atoms with Gasteiger partial charge in [-0.05, 0) is 18.6 Å². The Morgan fingerprint density at radius 2 is 2.00 bits per heavy atom. The molecule has 5 nitrogen and oxygen atoms in total. The monoisotopic (exact) mass is 274 g/mol. The number of nitrogens with zero attached hydrogens (tertiary/aromatic N) is 1. The van der Waals surface area contributed by atoms with E-state index in [4.69, 9.17) is 5.11 Å². The van der Waals surface area contributed by atoms with Crippen molar-refractivity contribution in [3.8, 4) is 0 Å². The van der Waals surface area contributed by atoms with Crippen molar-refractivity contribution in [2.75, 3.05) is 5.32 Å². The molecule has 19 heavy (non-hydrogen) atoms. The molecule has 0 radical (unpaired) electrons. The summed E-state index contributed by atoms with van der Waals surface area (Å²) >= 11 is 0. The SMILES string of the molecule is O=C(O)[C@@H]1C[C@H]1C(=O)Nc1ccc(C(F)(F)F)cn1. The molecule has 0 spiro atoms. The molecule has 1 aliphatic rings. The summed E-state index contributed by atoms with van der Waals surface area (Å²) in [4.78, 5) is 25.6. The third-order valence-electron chi connectivity index (χ3n) is 2.79. The third kappa shape index (κ3) is 3.01. The van der Waals surface area contributed by atoms with Crippen LogP contribution in [0.15, 0.2) is 18.3 Å². The van der Waals surface area contributed by atoms with Crippen molar-refractivity contribution >= 4 is 17.7 Å². The summed E-state index contributed by atoms with van der Waals surface area (Å²) in [6, 6.07) is 1.82. The fourth-order valence-corrected chi connectivity index (χ4v) is 1.61. The van der Waals surface area contributed by atoms with E-state index in [1.54, 1.807) is 0 Å². The molecule has 2 N–H and O–H groups in total. The van der Waals surface area contributed by atoms with Gasteiger partial charge in [0.1, 0.15) is 5.82 Å². The van der Waals surface area contributed by atoms with Crippen molar-refractivity contribution in [2.45, 2.75) is 12.6 Å². The second kappa shape index (κ2) is 4.52. The number of carbonyl (C=O) groups is 2. The molecule has 2 atom stereocenters. The number of carboxylic acids is 1. The molecule has 1 fully saturated rings. The van der Waals surface area contributed by atoms with E-state index in [1.165, 1.54) is 0 Å². The molecule has 1 aromatic rings. The Kier molecular flexibility index (Phi) is 3.17. The van der Waals surface area contributed by atoms with Crippen LogP contribution in [0.4, 0.5) is 19.0 Å². The van der Waals surface area contributed by atoms with Gasteiger partial charge in [-0.2, -0.15) is 13.2 Å². The van der Waals surface area contributed by atoms with Crippen LogP contribution in [0, 0.1) is 11.8 Å². The van der Waals surface area contributed by atoms with Gasteiger partial charge in [-0.15, -0.1) is 0 Å². The van der Waals surface area contributed by atoms with Gasteiger partial charge < -0.3 is 10.4 Å². The van der Waals surface area contributed by atoms with Gasteiger partial charge in [0.05, 0.1) is 17.4 Å². The number of carbonyl (C=O) groups excluding carboxylic acids is 1. The summed E-state index contributed by atoms with van der Waals surface area (Å²) in [6.07, 6.45) is -3.64. The van der Waals surface area contributed by atoms with Crippen LogP contribution in [-0.2, 0) is 15.8 Å². The van der Waals surface area contributed by atoms with Crippen LogP contribution in [0.2, 0.25) is 0 Å². The number of hydrogen-bond acceptors (Lipinski definition) is 3. The number of pyridine rings is 1. The van der Waals surface area contributed by atoms with E-state index < -0.39 is 35.5 Å². The molecular formula is C11H9F3N2O3. The molecule has 0 saturated heterocycles. The fourth-order valence-electron chi connectivity index (χ4n) is 1.61. The average molecular weight is 274 g/mol. The Balaban J connectivity index is 1.97. The van der Waals surface area contributed by atoms with Gasteiger partial charge in [-0.1, -0.05) is 0 Å². The number of halogens is 3. The first-order valence-corrected chi connectivity index (χ1v) is 5.36. The molecule has 2 rings (SSSR count). The number of nitrogens with one attached hydrogen (secondary N) is 1. The van der Waals surface area contributed by atoms with Gasteiger partial charge in [0.15, 0.2) is 0 Å². The molecule has 0 aromatic carbocycles. The zero-order valence-electron chi connectivity index (χ0n) is 9.44. The Hall–Kier alpha value is -2.12. The Morgan fingerprint density at radius 1 is 1.32 bits per heavy atom. The molecule has 1 aliphatic carbocycles. The van der Waals surface area contributed by atoms with Gasteiger partial charge >= 0.3 is 12.1 Å². The maximum Gasteiger partial charge on any atom is 0.417 e. The highest BCUT2D eigenvalue weighted by Crippen LogP contribution is 2.39. The van der Waals surface area contributed by atoms with E-state index >= 15 is 0 Å².